The number of aryl methyl sites for hydroxylation is 1. The first-order valence-electron chi connectivity index (χ1n) is 8.21. The van der Waals surface area contributed by atoms with Gasteiger partial charge in [0.1, 0.15) is 0 Å². The number of nitrogens with one attached hydrogen (secondary N) is 1. The molecule has 1 amide bonds. The van der Waals surface area contributed by atoms with Gasteiger partial charge >= 0.3 is 0 Å². The Balaban J connectivity index is 1.59. The number of nitro groups is 1. The summed E-state index contributed by atoms with van der Waals surface area (Å²) in [6, 6.07) is 5.11. The molecule has 24 heavy (non-hydrogen) atoms. The van der Waals surface area contributed by atoms with Crippen LogP contribution in [0.25, 0.3) is 0 Å². The molecule has 4 rings (SSSR count). The summed E-state index contributed by atoms with van der Waals surface area (Å²) in [7, 11) is 0. The lowest BCUT2D eigenvalue weighted by molar-refractivity contribution is -0.385. The minimum atomic E-state index is -0.338. The van der Waals surface area contributed by atoms with Crippen molar-refractivity contribution in [2.75, 3.05) is 6.54 Å². The number of carbonyl (C=O) groups excluding carboxylic acids is 1. The summed E-state index contributed by atoms with van der Waals surface area (Å²) in [6.07, 6.45) is 5.04. The van der Waals surface area contributed by atoms with Gasteiger partial charge in [-0.1, -0.05) is 12.1 Å². The van der Waals surface area contributed by atoms with Crippen molar-refractivity contribution in [1.29, 1.82) is 0 Å². The van der Waals surface area contributed by atoms with Crippen LogP contribution < -0.4 is 0 Å². The number of aromatic nitrogens is 2. The Bertz CT molecular complexity index is 814. The Morgan fingerprint density at radius 2 is 2.25 bits per heavy atom. The van der Waals surface area contributed by atoms with E-state index in [1.165, 1.54) is 6.07 Å². The zero-order chi connectivity index (χ0) is 16.7. The minimum absolute atomic E-state index is 0.106. The zero-order valence-electron chi connectivity index (χ0n) is 13.2. The fourth-order valence-corrected chi connectivity index (χ4v) is 3.89. The molecule has 1 aliphatic carbocycles. The van der Waals surface area contributed by atoms with Gasteiger partial charge in [-0.2, -0.15) is 5.10 Å². The molecular formula is C17H18N4O3. The Hall–Kier alpha value is -2.70. The normalized spacial score (nSPS) is 19.5. The van der Waals surface area contributed by atoms with Crippen molar-refractivity contribution in [2.24, 2.45) is 0 Å². The molecular weight excluding hydrogens is 308 g/mol. The fourth-order valence-electron chi connectivity index (χ4n) is 3.89. The second kappa shape index (κ2) is 5.74. The van der Waals surface area contributed by atoms with E-state index in [9.17, 15) is 14.9 Å². The molecule has 2 heterocycles. The van der Waals surface area contributed by atoms with Gasteiger partial charge in [0.25, 0.3) is 5.69 Å². The van der Waals surface area contributed by atoms with E-state index in [2.05, 4.69) is 10.2 Å². The molecule has 0 saturated heterocycles. The molecule has 2 aromatic rings. The van der Waals surface area contributed by atoms with Gasteiger partial charge in [0.05, 0.1) is 17.0 Å². The van der Waals surface area contributed by atoms with Crippen LogP contribution in [0, 0.1) is 10.1 Å². The largest absolute Gasteiger partial charge is 0.337 e. The highest BCUT2D eigenvalue weighted by Gasteiger charge is 2.33. The van der Waals surface area contributed by atoms with Crippen molar-refractivity contribution < 1.29 is 9.72 Å². The summed E-state index contributed by atoms with van der Waals surface area (Å²) in [5.41, 5.74) is 3.88. The van der Waals surface area contributed by atoms with Crippen molar-refractivity contribution in [3.8, 4) is 0 Å². The van der Waals surface area contributed by atoms with Crippen LogP contribution in [0.5, 0.6) is 0 Å². The van der Waals surface area contributed by atoms with Crippen molar-refractivity contribution in [2.45, 2.75) is 38.1 Å². The third-order valence-electron chi connectivity index (χ3n) is 5.09. The molecule has 0 radical (unpaired) electrons. The molecule has 7 nitrogen and oxygen atoms in total. The molecule has 0 unspecified atom stereocenters. The lowest BCUT2D eigenvalue weighted by atomic mass is 9.85. The van der Waals surface area contributed by atoms with E-state index in [0.717, 1.165) is 41.6 Å². The van der Waals surface area contributed by atoms with E-state index < -0.39 is 0 Å². The maximum Gasteiger partial charge on any atom is 0.272 e. The number of nitrogens with zero attached hydrogens (tertiary/aromatic N) is 3. The van der Waals surface area contributed by atoms with Gasteiger partial charge in [-0.25, -0.2) is 0 Å². The average Bonchev–Trinajstić information content (AvgIpc) is 3.08. The molecule has 0 spiro atoms. The van der Waals surface area contributed by atoms with Crippen molar-refractivity contribution in [3.05, 3.63) is 56.9 Å². The molecule has 0 bridgehead atoms. The second-order valence-electron chi connectivity index (χ2n) is 6.43. The molecule has 7 heteroatoms. The highest BCUT2D eigenvalue weighted by atomic mass is 16.6. The predicted octanol–water partition coefficient (Wildman–Crippen LogP) is 2.32. The first-order valence-corrected chi connectivity index (χ1v) is 8.21. The number of aromatic amines is 1. The van der Waals surface area contributed by atoms with Gasteiger partial charge in [-0.05, 0) is 31.2 Å². The second-order valence-corrected chi connectivity index (χ2v) is 6.43. The molecule has 1 atom stereocenters. The van der Waals surface area contributed by atoms with Crippen molar-refractivity contribution in [3.63, 3.8) is 0 Å². The minimum Gasteiger partial charge on any atom is -0.337 e. The summed E-state index contributed by atoms with van der Waals surface area (Å²) >= 11 is 0. The topological polar surface area (TPSA) is 92.1 Å². The van der Waals surface area contributed by atoms with E-state index in [-0.39, 0.29) is 22.4 Å². The summed E-state index contributed by atoms with van der Waals surface area (Å²) < 4.78 is 0. The number of hydrogen-bond donors (Lipinski definition) is 1. The maximum absolute atomic E-state index is 13.0. The summed E-state index contributed by atoms with van der Waals surface area (Å²) in [6.45, 7) is 0.972. The Kier molecular flexibility index (Phi) is 3.55. The number of fused-ring (bicyclic) bond motifs is 2. The molecule has 1 N–H and O–H groups in total. The first-order chi connectivity index (χ1) is 11.6. The summed E-state index contributed by atoms with van der Waals surface area (Å²) in [5, 5.41) is 18.2. The number of rotatable bonds is 2. The average molecular weight is 326 g/mol. The molecule has 2 aliphatic rings. The highest BCUT2D eigenvalue weighted by Crippen LogP contribution is 2.34. The third kappa shape index (κ3) is 2.36. The van der Waals surface area contributed by atoms with E-state index in [0.29, 0.717) is 19.5 Å². The quantitative estimate of drug-likeness (QED) is 0.677. The Labute approximate surface area is 138 Å². The highest BCUT2D eigenvalue weighted by molar-refractivity contribution is 5.84. The van der Waals surface area contributed by atoms with Crippen LogP contribution in [0.15, 0.2) is 24.4 Å². The molecule has 124 valence electrons. The number of benzene rings is 1. The van der Waals surface area contributed by atoms with Crippen molar-refractivity contribution >= 4 is 11.6 Å². The van der Waals surface area contributed by atoms with Crippen molar-refractivity contribution in [1.82, 2.24) is 15.1 Å². The van der Waals surface area contributed by atoms with Crippen LogP contribution in [-0.2, 0) is 24.2 Å². The third-order valence-corrected chi connectivity index (χ3v) is 5.09. The standard InChI is InChI=1S/C17H18N4O3/c22-17(13-4-2-5-15-14(13)9-18-19-15)20-8-7-12-11(10-20)3-1-6-16(12)21(23)24/h1,3,6,9,13H,2,4-5,7-8,10H2,(H,18,19)/t13-/m0/s1. The number of H-pyrrole nitrogens is 1. The lowest BCUT2D eigenvalue weighted by Crippen LogP contribution is -2.39. The molecule has 0 saturated carbocycles. The molecule has 1 aliphatic heterocycles. The number of hydrogen-bond acceptors (Lipinski definition) is 4. The van der Waals surface area contributed by atoms with Crippen LogP contribution in [0.2, 0.25) is 0 Å². The number of carbonyl (C=O) groups is 1. The Morgan fingerprint density at radius 1 is 1.38 bits per heavy atom. The van der Waals surface area contributed by atoms with Gasteiger partial charge in [0.2, 0.25) is 5.91 Å². The van der Waals surface area contributed by atoms with Gasteiger partial charge in [-0.15, -0.1) is 0 Å². The first kappa shape index (κ1) is 14.9. The summed E-state index contributed by atoms with van der Waals surface area (Å²) in [4.78, 5) is 25.6. The summed E-state index contributed by atoms with van der Waals surface area (Å²) in [5.74, 6) is -0.0396. The maximum atomic E-state index is 13.0. The zero-order valence-corrected chi connectivity index (χ0v) is 13.2. The number of nitro benzene ring substituents is 1. The van der Waals surface area contributed by atoms with E-state index in [1.54, 1.807) is 12.3 Å². The van der Waals surface area contributed by atoms with Crippen LogP contribution in [0.3, 0.4) is 0 Å². The van der Waals surface area contributed by atoms with Crippen LogP contribution in [0.4, 0.5) is 5.69 Å². The number of amides is 1. The van der Waals surface area contributed by atoms with E-state index >= 15 is 0 Å². The van der Waals surface area contributed by atoms with Crippen LogP contribution >= 0.6 is 0 Å². The predicted molar refractivity (Wildman–Crippen MR) is 86.5 cm³/mol. The van der Waals surface area contributed by atoms with E-state index in [1.807, 2.05) is 11.0 Å². The molecule has 0 fully saturated rings. The SMILES string of the molecule is O=C([C@H]1CCCc2[nH]ncc21)N1CCc2c(cccc2[N+](=O)[O-])C1. The van der Waals surface area contributed by atoms with Crippen LogP contribution in [-0.4, -0.2) is 32.5 Å². The Morgan fingerprint density at radius 3 is 3.08 bits per heavy atom. The van der Waals surface area contributed by atoms with Gasteiger partial charge in [0, 0.05) is 36.0 Å². The molecule has 1 aromatic carbocycles. The van der Waals surface area contributed by atoms with E-state index in [4.69, 9.17) is 0 Å². The van der Waals surface area contributed by atoms with Gasteiger partial charge < -0.3 is 4.90 Å². The smallest absolute Gasteiger partial charge is 0.272 e. The lowest BCUT2D eigenvalue weighted by Gasteiger charge is -2.32. The van der Waals surface area contributed by atoms with Gasteiger partial charge in [-0.3, -0.25) is 20.0 Å². The monoisotopic (exact) mass is 326 g/mol. The van der Waals surface area contributed by atoms with Gasteiger partial charge in [0.15, 0.2) is 0 Å². The fraction of sp³-hybridized carbons (Fsp3) is 0.412. The molecule has 1 aromatic heterocycles. The van der Waals surface area contributed by atoms with Crippen LogP contribution in [0.1, 0.15) is 41.1 Å².